The maximum Gasteiger partial charge on any atom is 0.256 e. The van der Waals surface area contributed by atoms with Gasteiger partial charge in [-0.05, 0) is 32.9 Å². The van der Waals surface area contributed by atoms with Crippen molar-refractivity contribution in [1.82, 2.24) is 4.90 Å². The van der Waals surface area contributed by atoms with E-state index < -0.39 is 0 Å². The first-order valence-corrected chi connectivity index (χ1v) is 6.21. The number of aliphatic hydroxyl groups is 1. The first-order valence-electron chi connectivity index (χ1n) is 6.21. The zero-order valence-electron chi connectivity index (χ0n) is 11.5. The molecule has 1 amide bonds. The zero-order chi connectivity index (χ0) is 13.7. The number of benzene rings is 1. The molecule has 0 saturated heterocycles. The Kier molecular flexibility index (Phi) is 5.16. The summed E-state index contributed by atoms with van der Waals surface area (Å²) < 4.78 is 0. The van der Waals surface area contributed by atoms with Crippen LogP contribution in [0.5, 0.6) is 0 Å². The lowest BCUT2D eigenvalue weighted by Gasteiger charge is -2.27. The number of nitrogens with zero attached hydrogens (tertiary/aromatic N) is 1. The van der Waals surface area contributed by atoms with Crippen LogP contribution in [0.3, 0.4) is 0 Å². The molecule has 4 nitrogen and oxygen atoms in total. The predicted molar refractivity (Wildman–Crippen MR) is 74.0 cm³/mol. The molecular formula is C14H22N2O2. The fraction of sp³-hybridized carbons (Fsp3) is 0.500. The lowest BCUT2D eigenvalue weighted by molar-refractivity contribution is 0.0666. The van der Waals surface area contributed by atoms with Gasteiger partial charge in [0.2, 0.25) is 0 Å². The number of rotatable bonds is 5. The minimum absolute atomic E-state index is 0.0232. The fourth-order valence-electron chi connectivity index (χ4n) is 1.91. The Morgan fingerprint density at radius 3 is 2.61 bits per heavy atom. The molecule has 0 aromatic heterocycles. The summed E-state index contributed by atoms with van der Waals surface area (Å²) in [5.41, 5.74) is 2.51. The maximum atomic E-state index is 12.5. The standard InChI is InChI=1S/C14H22N2O2/c1-10(2)16(7-8-17)14(18)12-9-11(3)5-6-13(12)15-4/h5-6,9-10,15,17H,7-8H2,1-4H3. The summed E-state index contributed by atoms with van der Waals surface area (Å²) in [6.45, 7) is 6.19. The Bertz CT molecular complexity index is 416. The number of aryl methyl sites for hydroxylation is 1. The average Bonchev–Trinajstić information content (AvgIpc) is 2.34. The normalized spacial score (nSPS) is 10.6. The van der Waals surface area contributed by atoms with Crippen molar-refractivity contribution >= 4 is 11.6 Å². The van der Waals surface area contributed by atoms with Crippen molar-refractivity contribution in [2.45, 2.75) is 26.8 Å². The highest BCUT2D eigenvalue weighted by atomic mass is 16.3. The van der Waals surface area contributed by atoms with Crippen LogP contribution in [0.25, 0.3) is 0 Å². The first-order chi connectivity index (χ1) is 8.51. The van der Waals surface area contributed by atoms with E-state index in [0.717, 1.165) is 11.3 Å². The molecular weight excluding hydrogens is 228 g/mol. The largest absolute Gasteiger partial charge is 0.395 e. The highest BCUT2D eigenvalue weighted by Gasteiger charge is 2.20. The molecule has 0 heterocycles. The molecule has 100 valence electrons. The van der Waals surface area contributed by atoms with Gasteiger partial charge in [-0.15, -0.1) is 0 Å². The van der Waals surface area contributed by atoms with E-state index in [1.807, 2.05) is 39.0 Å². The van der Waals surface area contributed by atoms with Gasteiger partial charge in [0.05, 0.1) is 12.2 Å². The van der Waals surface area contributed by atoms with Crippen molar-refractivity contribution in [3.63, 3.8) is 0 Å². The van der Waals surface area contributed by atoms with Crippen LogP contribution >= 0.6 is 0 Å². The van der Waals surface area contributed by atoms with Crippen molar-refractivity contribution in [3.8, 4) is 0 Å². The summed E-state index contributed by atoms with van der Waals surface area (Å²) in [6, 6.07) is 5.81. The van der Waals surface area contributed by atoms with Crippen LogP contribution in [0.2, 0.25) is 0 Å². The van der Waals surface area contributed by atoms with Crippen molar-refractivity contribution in [2.75, 3.05) is 25.5 Å². The number of nitrogens with one attached hydrogen (secondary N) is 1. The molecule has 0 aliphatic heterocycles. The minimum atomic E-state index is -0.0490. The van der Waals surface area contributed by atoms with Gasteiger partial charge in [0.1, 0.15) is 0 Å². The van der Waals surface area contributed by atoms with Gasteiger partial charge in [-0.2, -0.15) is 0 Å². The van der Waals surface area contributed by atoms with E-state index in [0.29, 0.717) is 12.1 Å². The van der Waals surface area contributed by atoms with Gasteiger partial charge >= 0.3 is 0 Å². The third-order valence-electron chi connectivity index (χ3n) is 2.90. The third-order valence-corrected chi connectivity index (χ3v) is 2.90. The molecule has 1 aromatic carbocycles. The van der Waals surface area contributed by atoms with Crippen LogP contribution in [0.1, 0.15) is 29.8 Å². The van der Waals surface area contributed by atoms with Crippen LogP contribution in [-0.2, 0) is 0 Å². The maximum absolute atomic E-state index is 12.5. The molecule has 1 aromatic rings. The number of aliphatic hydroxyl groups excluding tert-OH is 1. The zero-order valence-corrected chi connectivity index (χ0v) is 11.5. The van der Waals surface area contributed by atoms with Crippen LogP contribution in [0.4, 0.5) is 5.69 Å². The molecule has 0 bridgehead atoms. The minimum Gasteiger partial charge on any atom is -0.395 e. The Hall–Kier alpha value is -1.55. The number of hydrogen-bond donors (Lipinski definition) is 2. The topological polar surface area (TPSA) is 52.6 Å². The van der Waals surface area contributed by atoms with Crippen molar-refractivity contribution in [2.24, 2.45) is 0 Å². The number of anilines is 1. The van der Waals surface area contributed by atoms with E-state index in [-0.39, 0.29) is 18.6 Å². The summed E-state index contributed by atoms with van der Waals surface area (Å²) in [5.74, 6) is -0.0490. The number of carbonyl (C=O) groups excluding carboxylic acids is 1. The Labute approximate surface area is 109 Å². The second-order valence-corrected chi connectivity index (χ2v) is 4.61. The van der Waals surface area contributed by atoms with E-state index in [1.54, 1.807) is 11.9 Å². The number of hydrogen-bond acceptors (Lipinski definition) is 3. The molecule has 0 radical (unpaired) electrons. The summed E-state index contributed by atoms with van der Waals surface area (Å²) in [7, 11) is 1.80. The molecule has 0 spiro atoms. The molecule has 0 fully saturated rings. The molecule has 0 saturated carbocycles. The Morgan fingerprint density at radius 2 is 2.11 bits per heavy atom. The lowest BCUT2D eigenvalue weighted by Crippen LogP contribution is -2.39. The number of amides is 1. The Balaban J connectivity index is 3.11. The quantitative estimate of drug-likeness (QED) is 0.839. The van der Waals surface area contributed by atoms with Crippen molar-refractivity contribution in [3.05, 3.63) is 29.3 Å². The Morgan fingerprint density at radius 1 is 1.44 bits per heavy atom. The summed E-state index contributed by atoms with van der Waals surface area (Å²) in [6.07, 6.45) is 0. The van der Waals surface area contributed by atoms with Gasteiger partial charge < -0.3 is 15.3 Å². The molecule has 1 rings (SSSR count). The second kappa shape index (κ2) is 6.40. The van der Waals surface area contributed by atoms with Gasteiger partial charge in [0, 0.05) is 25.3 Å². The van der Waals surface area contributed by atoms with Crippen LogP contribution in [0, 0.1) is 6.92 Å². The second-order valence-electron chi connectivity index (χ2n) is 4.61. The van der Waals surface area contributed by atoms with E-state index in [9.17, 15) is 4.79 Å². The monoisotopic (exact) mass is 250 g/mol. The van der Waals surface area contributed by atoms with Gasteiger partial charge in [0.25, 0.3) is 5.91 Å². The van der Waals surface area contributed by atoms with Gasteiger partial charge in [0.15, 0.2) is 0 Å². The summed E-state index contributed by atoms with van der Waals surface area (Å²) >= 11 is 0. The van der Waals surface area contributed by atoms with E-state index in [2.05, 4.69) is 5.32 Å². The molecule has 0 aliphatic rings. The molecule has 18 heavy (non-hydrogen) atoms. The molecule has 0 atom stereocenters. The predicted octanol–water partition coefficient (Wildman–Crippen LogP) is 1.88. The highest BCUT2D eigenvalue weighted by molar-refractivity contribution is 6.00. The van der Waals surface area contributed by atoms with Gasteiger partial charge in [-0.1, -0.05) is 11.6 Å². The highest BCUT2D eigenvalue weighted by Crippen LogP contribution is 2.19. The smallest absolute Gasteiger partial charge is 0.256 e. The summed E-state index contributed by atoms with van der Waals surface area (Å²) in [5, 5.41) is 12.1. The van der Waals surface area contributed by atoms with Crippen LogP contribution in [0.15, 0.2) is 18.2 Å². The molecule has 2 N–H and O–H groups in total. The van der Waals surface area contributed by atoms with E-state index >= 15 is 0 Å². The van der Waals surface area contributed by atoms with Crippen LogP contribution in [-0.4, -0.2) is 42.2 Å². The van der Waals surface area contributed by atoms with E-state index in [1.165, 1.54) is 0 Å². The average molecular weight is 250 g/mol. The molecule has 0 aliphatic carbocycles. The first kappa shape index (κ1) is 14.5. The lowest BCUT2D eigenvalue weighted by atomic mass is 10.1. The van der Waals surface area contributed by atoms with Crippen molar-refractivity contribution in [1.29, 1.82) is 0 Å². The summed E-state index contributed by atoms with van der Waals surface area (Å²) in [4.78, 5) is 14.2. The van der Waals surface area contributed by atoms with E-state index in [4.69, 9.17) is 5.11 Å². The fourth-order valence-corrected chi connectivity index (χ4v) is 1.91. The van der Waals surface area contributed by atoms with Gasteiger partial charge in [-0.25, -0.2) is 0 Å². The van der Waals surface area contributed by atoms with Gasteiger partial charge in [-0.3, -0.25) is 4.79 Å². The molecule has 0 unspecified atom stereocenters. The van der Waals surface area contributed by atoms with Crippen LogP contribution < -0.4 is 5.32 Å². The van der Waals surface area contributed by atoms with Crippen molar-refractivity contribution < 1.29 is 9.90 Å². The molecule has 4 heteroatoms. The SMILES string of the molecule is CNc1ccc(C)cc1C(=O)N(CCO)C(C)C. The third kappa shape index (κ3) is 3.23. The number of carbonyl (C=O) groups is 1.